The molecule has 1 aromatic rings. The molecule has 2 saturated heterocycles. The minimum atomic E-state index is -0.0676. The van der Waals surface area contributed by atoms with Crippen molar-refractivity contribution >= 4 is 29.3 Å². The summed E-state index contributed by atoms with van der Waals surface area (Å²) in [6.45, 7) is 2.43. The van der Waals surface area contributed by atoms with Crippen molar-refractivity contribution in [2.45, 2.75) is 31.2 Å². The van der Waals surface area contributed by atoms with Gasteiger partial charge in [-0.2, -0.15) is 0 Å². The maximum Gasteiger partial charge on any atom is 0.245 e. The Bertz CT molecular complexity index is 645. The van der Waals surface area contributed by atoms with E-state index in [0.29, 0.717) is 12.3 Å². The van der Waals surface area contributed by atoms with E-state index in [9.17, 15) is 9.59 Å². The lowest BCUT2D eigenvalue weighted by Gasteiger charge is -2.22. The third-order valence-electron chi connectivity index (χ3n) is 5.27. The fourth-order valence-electron chi connectivity index (χ4n) is 3.95. The van der Waals surface area contributed by atoms with Gasteiger partial charge in [0.2, 0.25) is 11.8 Å². The van der Waals surface area contributed by atoms with Crippen molar-refractivity contribution < 1.29 is 9.59 Å². The highest BCUT2D eigenvalue weighted by atomic mass is 32.2. The van der Waals surface area contributed by atoms with Crippen LogP contribution in [0.15, 0.2) is 24.3 Å². The maximum atomic E-state index is 12.9. The van der Waals surface area contributed by atoms with Gasteiger partial charge in [-0.15, -0.1) is 11.8 Å². The molecule has 0 spiro atoms. The van der Waals surface area contributed by atoms with Gasteiger partial charge in [0.1, 0.15) is 0 Å². The molecule has 0 aromatic heterocycles. The molecule has 128 valence electrons. The predicted molar refractivity (Wildman–Crippen MR) is 96.2 cm³/mol. The van der Waals surface area contributed by atoms with Crippen molar-refractivity contribution in [3.8, 4) is 0 Å². The van der Waals surface area contributed by atoms with Crippen LogP contribution in [0.1, 0.15) is 30.7 Å². The third-order valence-corrected chi connectivity index (χ3v) is 6.21. The van der Waals surface area contributed by atoms with Gasteiger partial charge >= 0.3 is 0 Å². The molecule has 3 aliphatic heterocycles. The van der Waals surface area contributed by atoms with Crippen molar-refractivity contribution in [1.82, 2.24) is 10.2 Å². The van der Waals surface area contributed by atoms with Crippen LogP contribution in [-0.4, -0.2) is 54.0 Å². The highest BCUT2D eigenvalue weighted by molar-refractivity contribution is 7.99. The number of rotatable bonds is 4. The van der Waals surface area contributed by atoms with E-state index in [1.807, 2.05) is 21.9 Å². The number of thioether (sulfide) groups is 1. The van der Waals surface area contributed by atoms with Gasteiger partial charge < -0.3 is 9.80 Å². The maximum absolute atomic E-state index is 12.9. The summed E-state index contributed by atoms with van der Waals surface area (Å²) in [5.74, 6) is 2.50. The van der Waals surface area contributed by atoms with Crippen LogP contribution >= 0.6 is 11.8 Å². The third kappa shape index (κ3) is 2.93. The van der Waals surface area contributed by atoms with Gasteiger partial charge in [-0.3, -0.25) is 14.9 Å². The second-order valence-corrected chi connectivity index (χ2v) is 7.78. The number of carbonyl (C=O) groups excluding carboxylic acids is 2. The average molecular weight is 345 g/mol. The van der Waals surface area contributed by atoms with Gasteiger partial charge in [0.25, 0.3) is 0 Å². The van der Waals surface area contributed by atoms with E-state index < -0.39 is 0 Å². The zero-order valence-electron chi connectivity index (χ0n) is 13.7. The molecule has 3 aliphatic rings. The Labute approximate surface area is 146 Å². The quantitative estimate of drug-likeness (QED) is 0.904. The first kappa shape index (κ1) is 16.0. The van der Waals surface area contributed by atoms with Crippen LogP contribution in [0, 0.1) is 0 Å². The Kier molecular flexibility index (Phi) is 4.50. The van der Waals surface area contributed by atoms with Crippen LogP contribution in [0.25, 0.3) is 0 Å². The topological polar surface area (TPSA) is 52.7 Å². The lowest BCUT2D eigenvalue weighted by Crippen LogP contribution is -2.44. The Balaban J connectivity index is 1.48. The van der Waals surface area contributed by atoms with Gasteiger partial charge in [0.05, 0.1) is 6.04 Å². The minimum Gasteiger partial charge on any atom is -0.343 e. The summed E-state index contributed by atoms with van der Waals surface area (Å²) < 4.78 is 0. The number of hydrogen-bond acceptors (Lipinski definition) is 4. The van der Waals surface area contributed by atoms with E-state index in [1.165, 1.54) is 5.56 Å². The first-order chi connectivity index (χ1) is 11.7. The molecule has 24 heavy (non-hydrogen) atoms. The first-order valence-corrected chi connectivity index (χ1v) is 9.89. The zero-order valence-corrected chi connectivity index (χ0v) is 14.6. The number of nitrogens with zero attached hydrogens (tertiary/aromatic N) is 2. The SMILES string of the molecule is O=C1CCCN1CC[C@H]1CN(C(=O)[C@@H]2CSCN2)c2ccccc21. The van der Waals surface area contributed by atoms with Crippen molar-refractivity contribution in [1.29, 1.82) is 0 Å². The molecule has 0 bridgehead atoms. The van der Waals surface area contributed by atoms with Crippen molar-refractivity contribution in [2.24, 2.45) is 0 Å². The Hall–Kier alpha value is -1.53. The molecular formula is C18H23N3O2S. The average Bonchev–Trinajstić information content (AvgIpc) is 3.33. The summed E-state index contributed by atoms with van der Waals surface area (Å²) in [4.78, 5) is 28.6. The number of hydrogen-bond donors (Lipinski definition) is 1. The van der Waals surface area contributed by atoms with E-state index in [-0.39, 0.29) is 17.9 Å². The standard InChI is InChI=1S/C18H23N3O2S/c22-17-6-3-8-20(17)9-7-13-10-21(16-5-2-1-4-14(13)16)18(23)15-11-24-12-19-15/h1-2,4-5,13,15,19H,3,6-12H2/t13-,15-/m0/s1. The first-order valence-electron chi connectivity index (χ1n) is 8.73. The molecule has 3 heterocycles. The smallest absolute Gasteiger partial charge is 0.245 e. The van der Waals surface area contributed by atoms with Crippen LogP contribution in [0.5, 0.6) is 0 Å². The molecule has 1 N–H and O–H groups in total. The number of amides is 2. The highest BCUT2D eigenvalue weighted by Gasteiger charge is 2.36. The predicted octanol–water partition coefficient (Wildman–Crippen LogP) is 1.79. The van der Waals surface area contributed by atoms with Crippen LogP contribution in [0.3, 0.4) is 0 Å². The van der Waals surface area contributed by atoms with Crippen LogP contribution < -0.4 is 10.2 Å². The highest BCUT2D eigenvalue weighted by Crippen LogP contribution is 2.38. The Morgan fingerprint density at radius 2 is 2.21 bits per heavy atom. The summed E-state index contributed by atoms with van der Waals surface area (Å²) in [6, 6.07) is 8.17. The number of fused-ring (bicyclic) bond motifs is 1. The molecule has 2 atom stereocenters. The van der Waals surface area contributed by atoms with Gasteiger partial charge in [-0.05, 0) is 24.5 Å². The number of benzene rings is 1. The van der Waals surface area contributed by atoms with E-state index >= 15 is 0 Å². The van der Waals surface area contributed by atoms with Gasteiger partial charge in [0.15, 0.2) is 0 Å². The van der Waals surface area contributed by atoms with E-state index in [1.54, 1.807) is 11.8 Å². The zero-order chi connectivity index (χ0) is 16.5. The molecule has 5 nitrogen and oxygen atoms in total. The van der Waals surface area contributed by atoms with Gasteiger partial charge in [-0.25, -0.2) is 0 Å². The van der Waals surface area contributed by atoms with E-state index in [4.69, 9.17) is 0 Å². The van der Waals surface area contributed by atoms with Crippen molar-refractivity contribution in [2.75, 3.05) is 36.2 Å². The lowest BCUT2D eigenvalue weighted by atomic mass is 9.98. The second-order valence-electron chi connectivity index (χ2n) is 6.75. The summed E-state index contributed by atoms with van der Waals surface area (Å²) >= 11 is 1.78. The molecule has 0 saturated carbocycles. The Morgan fingerprint density at radius 3 is 2.96 bits per heavy atom. The van der Waals surface area contributed by atoms with Crippen LogP contribution in [-0.2, 0) is 9.59 Å². The molecule has 2 fully saturated rings. The molecule has 0 radical (unpaired) electrons. The van der Waals surface area contributed by atoms with Crippen molar-refractivity contribution in [3.05, 3.63) is 29.8 Å². The number of carbonyl (C=O) groups is 2. The largest absolute Gasteiger partial charge is 0.343 e. The minimum absolute atomic E-state index is 0.0676. The lowest BCUT2D eigenvalue weighted by molar-refractivity contribution is -0.127. The van der Waals surface area contributed by atoms with Crippen LogP contribution in [0.2, 0.25) is 0 Å². The molecule has 6 heteroatoms. The molecule has 4 rings (SSSR count). The number of anilines is 1. The summed E-state index contributed by atoms with van der Waals surface area (Å²) in [5, 5.41) is 3.28. The monoisotopic (exact) mass is 345 g/mol. The van der Waals surface area contributed by atoms with E-state index in [0.717, 1.165) is 49.8 Å². The summed E-state index contributed by atoms with van der Waals surface area (Å²) in [6.07, 6.45) is 2.60. The molecule has 1 aromatic carbocycles. The summed E-state index contributed by atoms with van der Waals surface area (Å²) in [7, 11) is 0. The molecular weight excluding hydrogens is 322 g/mol. The van der Waals surface area contributed by atoms with Gasteiger partial charge in [0, 0.05) is 49.3 Å². The number of nitrogens with one attached hydrogen (secondary N) is 1. The fourth-order valence-corrected chi connectivity index (χ4v) is 4.88. The summed E-state index contributed by atoms with van der Waals surface area (Å²) in [5.41, 5.74) is 2.31. The second kappa shape index (κ2) is 6.76. The van der Waals surface area contributed by atoms with E-state index in [2.05, 4.69) is 17.4 Å². The normalized spacial score (nSPS) is 26.2. The molecule has 0 aliphatic carbocycles. The van der Waals surface area contributed by atoms with Gasteiger partial charge in [-0.1, -0.05) is 18.2 Å². The molecule has 2 amide bonds. The van der Waals surface area contributed by atoms with Crippen LogP contribution in [0.4, 0.5) is 5.69 Å². The Morgan fingerprint density at radius 1 is 1.33 bits per heavy atom. The molecule has 0 unspecified atom stereocenters. The fraction of sp³-hybridized carbons (Fsp3) is 0.556. The number of likely N-dealkylation sites (tertiary alicyclic amines) is 1. The number of para-hydroxylation sites is 1. The van der Waals surface area contributed by atoms with Crippen molar-refractivity contribution in [3.63, 3.8) is 0 Å².